The minimum atomic E-state index is -0.525. The molecule has 1 aliphatic heterocycles. The van der Waals surface area contributed by atoms with E-state index in [4.69, 9.17) is 14.6 Å². The molecule has 2 aromatic carbocycles. The standard InChI is InChI=1S/C17H16FNO3/c18-16-13(7-4-8-14(16)21-10-9-20)17-19-11-15(22-17)12-5-2-1-3-6-12/h1-8,15,20H,9-11H2. The summed E-state index contributed by atoms with van der Waals surface area (Å²) >= 11 is 0. The van der Waals surface area contributed by atoms with Gasteiger partial charge in [0.15, 0.2) is 11.6 Å². The van der Waals surface area contributed by atoms with Gasteiger partial charge in [-0.2, -0.15) is 0 Å². The van der Waals surface area contributed by atoms with Gasteiger partial charge in [-0.3, -0.25) is 0 Å². The third-order valence-electron chi connectivity index (χ3n) is 3.37. The Morgan fingerprint density at radius 3 is 2.77 bits per heavy atom. The Labute approximate surface area is 127 Å². The number of aliphatic hydroxyl groups excluding tert-OH is 1. The maximum Gasteiger partial charge on any atom is 0.220 e. The molecule has 0 aromatic heterocycles. The van der Waals surface area contributed by atoms with Crippen molar-refractivity contribution in [2.75, 3.05) is 19.8 Å². The molecule has 0 saturated carbocycles. The summed E-state index contributed by atoms with van der Waals surface area (Å²) in [6.07, 6.45) is -0.197. The van der Waals surface area contributed by atoms with Gasteiger partial charge >= 0.3 is 0 Å². The monoisotopic (exact) mass is 301 g/mol. The second-order valence-corrected chi connectivity index (χ2v) is 4.85. The van der Waals surface area contributed by atoms with Crippen molar-refractivity contribution in [3.8, 4) is 5.75 Å². The number of nitrogens with zero attached hydrogens (tertiary/aromatic N) is 1. The third-order valence-corrected chi connectivity index (χ3v) is 3.37. The lowest BCUT2D eigenvalue weighted by Crippen LogP contribution is -2.10. The van der Waals surface area contributed by atoms with Gasteiger partial charge in [0.25, 0.3) is 0 Å². The number of rotatable bonds is 5. The van der Waals surface area contributed by atoms with Crippen molar-refractivity contribution in [2.24, 2.45) is 4.99 Å². The summed E-state index contributed by atoms with van der Waals surface area (Å²) in [5.74, 6) is -0.162. The first-order valence-electron chi connectivity index (χ1n) is 7.08. The second-order valence-electron chi connectivity index (χ2n) is 4.85. The van der Waals surface area contributed by atoms with Gasteiger partial charge in [-0.05, 0) is 17.7 Å². The molecule has 0 fully saturated rings. The van der Waals surface area contributed by atoms with Crippen LogP contribution >= 0.6 is 0 Å². The Morgan fingerprint density at radius 1 is 1.18 bits per heavy atom. The molecule has 0 aliphatic carbocycles. The van der Waals surface area contributed by atoms with Crippen molar-refractivity contribution < 1.29 is 19.0 Å². The summed E-state index contributed by atoms with van der Waals surface area (Å²) in [5.41, 5.74) is 1.28. The van der Waals surface area contributed by atoms with Crippen LogP contribution in [0.4, 0.5) is 4.39 Å². The summed E-state index contributed by atoms with van der Waals surface area (Å²) in [7, 11) is 0. The van der Waals surface area contributed by atoms with Crippen LogP contribution in [-0.4, -0.2) is 30.8 Å². The summed E-state index contributed by atoms with van der Waals surface area (Å²) in [6.45, 7) is 0.331. The Balaban J connectivity index is 1.78. The van der Waals surface area contributed by atoms with E-state index in [9.17, 15) is 4.39 Å². The fraction of sp³-hybridized carbons (Fsp3) is 0.235. The molecule has 0 spiro atoms. The van der Waals surface area contributed by atoms with E-state index in [1.165, 1.54) is 6.07 Å². The number of aliphatic imine (C=N–C) groups is 1. The molecule has 1 N–H and O–H groups in total. The topological polar surface area (TPSA) is 51.0 Å². The number of hydrogen-bond acceptors (Lipinski definition) is 4. The van der Waals surface area contributed by atoms with Crippen LogP contribution in [0.5, 0.6) is 5.75 Å². The summed E-state index contributed by atoms with van der Waals surface area (Å²) < 4.78 is 25.4. The van der Waals surface area contributed by atoms with Crippen LogP contribution in [0.3, 0.4) is 0 Å². The number of hydrogen-bond donors (Lipinski definition) is 1. The smallest absolute Gasteiger partial charge is 0.220 e. The molecule has 5 heteroatoms. The van der Waals surface area contributed by atoms with Gasteiger partial charge in [0, 0.05) is 0 Å². The summed E-state index contributed by atoms with van der Waals surface area (Å²) in [6, 6.07) is 14.5. The zero-order valence-corrected chi connectivity index (χ0v) is 11.9. The van der Waals surface area contributed by atoms with Gasteiger partial charge in [-0.1, -0.05) is 36.4 Å². The molecule has 0 amide bonds. The van der Waals surface area contributed by atoms with E-state index in [0.29, 0.717) is 6.54 Å². The van der Waals surface area contributed by atoms with E-state index >= 15 is 0 Å². The van der Waals surface area contributed by atoms with E-state index < -0.39 is 5.82 Å². The van der Waals surface area contributed by atoms with E-state index in [1.54, 1.807) is 12.1 Å². The van der Waals surface area contributed by atoms with Crippen molar-refractivity contribution in [3.63, 3.8) is 0 Å². The minimum Gasteiger partial charge on any atom is -0.488 e. The molecule has 1 heterocycles. The Kier molecular flexibility index (Phi) is 4.34. The molecule has 4 nitrogen and oxygen atoms in total. The average Bonchev–Trinajstić information content (AvgIpc) is 3.04. The van der Waals surface area contributed by atoms with Crippen LogP contribution in [0.15, 0.2) is 53.5 Å². The van der Waals surface area contributed by atoms with Crippen LogP contribution in [-0.2, 0) is 4.74 Å². The number of benzene rings is 2. The Morgan fingerprint density at radius 2 is 2.00 bits per heavy atom. The minimum absolute atomic E-state index is 0.0420. The van der Waals surface area contributed by atoms with Gasteiger partial charge in [0.1, 0.15) is 12.7 Å². The first-order chi connectivity index (χ1) is 10.8. The largest absolute Gasteiger partial charge is 0.488 e. The molecule has 114 valence electrons. The Hall–Kier alpha value is -2.40. The van der Waals surface area contributed by atoms with Crippen LogP contribution in [0.2, 0.25) is 0 Å². The van der Waals surface area contributed by atoms with Gasteiger partial charge in [0.05, 0.1) is 18.7 Å². The lowest BCUT2D eigenvalue weighted by Gasteiger charge is -2.13. The van der Waals surface area contributed by atoms with Crippen LogP contribution in [0.25, 0.3) is 0 Å². The summed E-state index contributed by atoms with van der Waals surface area (Å²) in [4.78, 5) is 4.30. The lowest BCUT2D eigenvalue weighted by atomic mass is 10.1. The zero-order chi connectivity index (χ0) is 15.4. The van der Waals surface area contributed by atoms with Crippen molar-refractivity contribution in [1.29, 1.82) is 0 Å². The van der Waals surface area contributed by atoms with E-state index in [2.05, 4.69) is 4.99 Å². The average molecular weight is 301 g/mol. The van der Waals surface area contributed by atoms with Gasteiger partial charge in [-0.15, -0.1) is 0 Å². The van der Waals surface area contributed by atoms with Crippen LogP contribution in [0, 0.1) is 5.82 Å². The molecule has 2 aromatic rings. The molecule has 22 heavy (non-hydrogen) atoms. The fourth-order valence-corrected chi connectivity index (χ4v) is 2.31. The van der Waals surface area contributed by atoms with Crippen LogP contribution in [0.1, 0.15) is 17.2 Å². The van der Waals surface area contributed by atoms with Crippen molar-refractivity contribution in [3.05, 3.63) is 65.5 Å². The van der Waals surface area contributed by atoms with Crippen LogP contribution < -0.4 is 4.74 Å². The van der Waals surface area contributed by atoms with Crippen molar-refractivity contribution in [1.82, 2.24) is 0 Å². The first kappa shape index (κ1) is 14.5. The number of ether oxygens (including phenoxy) is 2. The highest BCUT2D eigenvalue weighted by molar-refractivity contribution is 5.95. The summed E-state index contributed by atoms with van der Waals surface area (Å²) in [5, 5.41) is 8.76. The first-order valence-corrected chi connectivity index (χ1v) is 7.08. The van der Waals surface area contributed by atoms with E-state index in [-0.39, 0.29) is 36.5 Å². The maximum absolute atomic E-state index is 14.4. The van der Waals surface area contributed by atoms with E-state index in [1.807, 2.05) is 30.3 Å². The predicted octanol–water partition coefficient (Wildman–Crippen LogP) is 2.71. The van der Waals surface area contributed by atoms with Crippen molar-refractivity contribution in [2.45, 2.75) is 6.10 Å². The Bertz CT molecular complexity index is 673. The normalized spacial score (nSPS) is 17.0. The molecule has 1 atom stereocenters. The zero-order valence-electron chi connectivity index (χ0n) is 11.9. The molecule has 0 radical (unpaired) electrons. The predicted molar refractivity (Wildman–Crippen MR) is 80.7 cm³/mol. The highest BCUT2D eigenvalue weighted by Gasteiger charge is 2.25. The lowest BCUT2D eigenvalue weighted by molar-refractivity contribution is 0.196. The molecular weight excluding hydrogens is 285 g/mol. The molecule has 0 bridgehead atoms. The van der Waals surface area contributed by atoms with E-state index in [0.717, 1.165) is 5.56 Å². The fourth-order valence-electron chi connectivity index (χ4n) is 2.31. The number of aliphatic hydroxyl groups is 1. The van der Waals surface area contributed by atoms with Gasteiger partial charge in [0.2, 0.25) is 5.90 Å². The highest BCUT2D eigenvalue weighted by atomic mass is 19.1. The van der Waals surface area contributed by atoms with Gasteiger partial charge < -0.3 is 14.6 Å². The maximum atomic E-state index is 14.4. The molecule has 3 rings (SSSR count). The highest BCUT2D eigenvalue weighted by Crippen LogP contribution is 2.28. The molecule has 1 aliphatic rings. The van der Waals surface area contributed by atoms with Crippen molar-refractivity contribution >= 4 is 5.90 Å². The number of halogens is 1. The SMILES string of the molecule is OCCOc1cccc(C2=NCC(c3ccccc3)O2)c1F. The molecular formula is C17H16FNO3. The third kappa shape index (κ3) is 2.94. The molecule has 1 unspecified atom stereocenters. The van der Waals surface area contributed by atoms with Gasteiger partial charge in [-0.25, -0.2) is 9.38 Å². The second kappa shape index (κ2) is 6.58. The molecule has 0 saturated heterocycles. The quantitative estimate of drug-likeness (QED) is 0.924.